The van der Waals surface area contributed by atoms with Gasteiger partial charge in [-0.25, -0.2) is 19.4 Å². The highest BCUT2D eigenvalue weighted by molar-refractivity contribution is 6.78. The molecule has 0 saturated carbocycles. The molecule has 4 heterocycles. The van der Waals surface area contributed by atoms with E-state index in [4.69, 9.17) is 23.9 Å². The molecule has 0 aliphatic carbocycles. The van der Waals surface area contributed by atoms with E-state index in [1.54, 1.807) is 77.3 Å². The van der Waals surface area contributed by atoms with E-state index in [0.717, 1.165) is 23.4 Å². The van der Waals surface area contributed by atoms with Crippen LogP contribution >= 0.6 is 0 Å². The Morgan fingerprint density at radius 2 is 1.67 bits per heavy atom. The monoisotopic (exact) mass is 720 g/mol. The number of rotatable bonds is 8. The average Bonchev–Trinajstić information content (AvgIpc) is 3.36. The van der Waals surface area contributed by atoms with Crippen LogP contribution in [0.4, 0.5) is 15.3 Å². The lowest BCUT2D eigenvalue weighted by molar-refractivity contribution is -0.190. The number of pyridine rings is 2. The molecule has 0 fully saturated rings. The molecule has 1 aromatic carbocycles. The molecule has 2 aromatic heterocycles. The van der Waals surface area contributed by atoms with Crippen molar-refractivity contribution in [2.75, 3.05) is 11.9 Å². The lowest BCUT2D eigenvalue weighted by atomic mass is 9.85. The normalized spacial score (nSPS) is 18.2. The number of carbonyl (C=O) groups is 4. The minimum atomic E-state index is -2.41. The van der Waals surface area contributed by atoms with Crippen LogP contribution in [0.2, 0.25) is 19.1 Å². The highest BCUT2D eigenvalue weighted by Crippen LogP contribution is 2.47. The Hall–Kier alpha value is -4.72. The van der Waals surface area contributed by atoms with Gasteiger partial charge < -0.3 is 28.8 Å². The summed E-state index contributed by atoms with van der Waals surface area (Å²) in [4.78, 5) is 71.6. The fraction of sp³-hybridized carbons (Fsp3) is 0.514. The zero-order chi connectivity index (χ0) is 37.7. The number of esters is 2. The Morgan fingerprint density at radius 3 is 2.29 bits per heavy atom. The van der Waals surface area contributed by atoms with Crippen LogP contribution in [-0.2, 0) is 40.7 Å². The number of fused-ring (bicyclic) bond motifs is 5. The van der Waals surface area contributed by atoms with Gasteiger partial charge in [0.15, 0.2) is 0 Å². The highest BCUT2D eigenvalue weighted by Gasteiger charge is 2.56. The number of hydrogen-bond donors (Lipinski definition) is 2. The molecular formula is C37H48N4O9Si. The van der Waals surface area contributed by atoms with Crippen LogP contribution in [0.15, 0.2) is 35.1 Å². The summed E-state index contributed by atoms with van der Waals surface area (Å²) in [5, 5.41) is 5.88. The van der Waals surface area contributed by atoms with Crippen molar-refractivity contribution in [3.05, 3.63) is 57.4 Å². The minimum Gasteiger partial charge on any atom is -0.458 e. The van der Waals surface area contributed by atoms with Crippen LogP contribution in [-0.4, -0.2) is 59.5 Å². The third-order valence-corrected chi connectivity index (χ3v) is 12.5. The molecule has 13 nitrogen and oxygen atoms in total. The Bertz CT molecular complexity index is 1980. The molecule has 2 unspecified atom stereocenters. The second kappa shape index (κ2) is 13.4. The van der Waals surface area contributed by atoms with Gasteiger partial charge in [0.2, 0.25) is 5.60 Å². The molecule has 2 atom stereocenters. The number of anilines is 1. The van der Waals surface area contributed by atoms with Crippen molar-refractivity contribution in [1.82, 2.24) is 14.9 Å². The lowest BCUT2D eigenvalue weighted by Crippen LogP contribution is -2.54. The fourth-order valence-electron chi connectivity index (χ4n) is 6.72. The van der Waals surface area contributed by atoms with Gasteiger partial charge in [0, 0.05) is 22.2 Å². The molecular weight excluding hydrogens is 673 g/mol. The van der Waals surface area contributed by atoms with E-state index in [-0.39, 0.29) is 24.1 Å². The van der Waals surface area contributed by atoms with Gasteiger partial charge in [0.1, 0.15) is 31.5 Å². The first-order chi connectivity index (χ1) is 23.7. The van der Waals surface area contributed by atoms with Crippen molar-refractivity contribution in [3.8, 4) is 11.4 Å². The molecule has 2 aliphatic rings. The van der Waals surface area contributed by atoms with Gasteiger partial charge in [-0.2, -0.15) is 0 Å². The summed E-state index contributed by atoms with van der Waals surface area (Å²) in [6.45, 7) is 18.0. The summed E-state index contributed by atoms with van der Waals surface area (Å²) in [5.41, 5.74) is -0.965. The molecule has 0 saturated heterocycles. The molecule has 2 aliphatic heterocycles. The molecule has 0 radical (unpaired) electrons. The van der Waals surface area contributed by atoms with E-state index in [1.807, 2.05) is 13.0 Å². The van der Waals surface area contributed by atoms with Crippen LogP contribution in [0.1, 0.15) is 90.6 Å². The van der Waals surface area contributed by atoms with E-state index >= 15 is 0 Å². The zero-order valence-corrected chi connectivity index (χ0v) is 32.1. The topological polar surface area (TPSA) is 164 Å². The summed E-state index contributed by atoms with van der Waals surface area (Å²) in [5.74, 6) is -1.65. The Morgan fingerprint density at radius 1 is 1.00 bits per heavy atom. The molecule has 51 heavy (non-hydrogen) atoms. The van der Waals surface area contributed by atoms with Crippen molar-refractivity contribution in [2.24, 2.45) is 0 Å². The molecule has 2 amide bonds. The summed E-state index contributed by atoms with van der Waals surface area (Å²) >= 11 is 0. The SMILES string of the molecule is CCC[Si](C)(C)C1OC(=O)C(CC)(OC(=O)CNC(=O)OC(C)(C)C)c2cc3n(c(=O)c21)Cc1cc2cc(NC(=O)OC(C)(C)C)ccc2nc1-3. The van der Waals surface area contributed by atoms with E-state index in [1.165, 1.54) is 0 Å². The number of nitrogens with zero attached hydrogens (tertiary/aromatic N) is 2. The van der Waals surface area contributed by atoms with Gasteiger partial charge in [-0.1, -0.05) is 39.4 Å². The molecule has 14 heteroatoms. The standard InChI is InChI=1S/C37H48N4O9Si/c1-11-15-51(9,10)31-28-24(37(12-2,32(44)47-31)48-27(42)19-38-33(45)49-35(3,4)5)18-26-29-22(20-41(26)30(28)43)16-21-17-23(13-14-25(21)40-29)39-34(46)50-36(6,7)8/h13-14,16-18,31H,11-12,15,19-20H2,1-10H3,(H,38,45)(H,39,46). The van der Waals surface area contributed by atoms with Crippen LogP contribution < -0.4 is 16.2 Å². The van der Waals surface area contributed by atoms with Crippen LogP contribution in [0.3, 0.4) is 0 Å². The number of nitrogens with one attached hydrogen (secondary N) is 2. The van der Waals surface area contributed by atoms with Crippen LogP contribution in [0.5, 0.6) is 0 Å². The van der Waals surface area contributed by atoms with E-state index in [2.05, 4.69) is 23.7 Å². The number of benzene rings is 1. The van der Waals surface area contributed by atoms with Gasteiger partial charge in [-0.05, 0) is 78.3 Å². The molecule has 5 rings (SSSR count). The second-order valence-corrected chi connectivity index (χ2v) is 20.8. The Kier molecular flexibility index (Phi) is 9.89. The smallest absolute Gasteiger partial charge is 0.412 e. The predicted octanol–water partition coefficient (Wildman–Crippen LogP) is 6.70. The third-order valence-electron chi connectivity index (χ3n) is 8.87. The summed E-state index contributed by atoms with van der Waals surface area (Å²) < 4.78 is 24.3. The number of aromatic nitrogens is 2. The van der Waals surface area contributed by atoms with Crippen molar-refractivity contribution >= 4 is 48.8 Å². The first-order valence-corrected chi connectivity index (χ1v) is 20.6. The fourth-order valence-corrected chi connectivity index (χ4v) is 9.76. The maximum Gasteiger partial charge on any atom is 0.412 e. The Balaban J connectivity index is 1.59. The Labute approximate surface area is 298 Å². The van der Waals surface area contributed by atoms with E-state index in [0.29, 0.717) is 28.2 Å². The van der Waals surface area contributed by atoms with Gasteiger partial charge in [0.25, 0.3) is 5.56 Å². The largest absolute Gasteiger partial charge is 0.458 e. The first kappa shape index (κ1) is 37.5. The number of hydrogen-bond acceptors (Lipinski definition) is 10. The maximum atomic E-state index is 14.7. The molecule has 3 aromatic rings. The number of carbonyl (C=O) groups excluding carboxylic acids is 4. The van der Waals surface area contributed by atoms with Crippen molar-refractivity contribution in [1.29, 1.82) is 0 Å². The first-order valence-electron chi connectivity index (χ1n) is 17.3. The number of amides is 2. The number of ether oxygens (including phenoxy) is 4. The van der Waals surface area contributed by atoms with Crippen LogP contribution in [0.25, 0.3) is 22.3 Å². The summed E-state index contributed by atoms with van der Waals surface area (Å²) in [6, 6.07) is 9.72. The highest BCUT2D eigenvalue weighted by atomic mass is 28.3. The van der Waals surface area contributed by atoms with Crippen molar-refractivity contribution in [2.45, 2.75) is 116 Å². The molecule has 2 N–H and O–H groups in total. The number of alkyl carbamates (subject to hydrolysis) is 1. The molecule has 0 bridgehead atoms. The third kappa shape index (κ3) is 7.65. The van der Waals surface area contributed by atoms with Crippen molar-refractivity contribution < 1.29 is 38.1 Å². The molecule has 0 spiro atoms. The minimum absolute atomic E-state index is 0.0200. The van der Waals surface area contributed by atoms with Gasteiger partial charge in [-0.3, -0.25) is 14.9 Å². The summed E-state index contributed by atoms with van der Waals surface area (Å²) in [7, 11) is -2.41. The summed E-state index contributed by atoms with van der Waals surface area (Å²) in [6.07, 6.45) is -0.579. The zero-order valence-electron chi connectivity index (χ0n) is 31.1. The second-order valence-electron chi connectivity index (χ2n) is 15.8. The van der Waals surface area contributed by atoms with Crippen molar-refractivity contribution in [3.63, 3.8) is 0 Å². The number of cyclic esters (lactones) is 1. The van der Waals surface area contributed by atoms with Gasteiger partial charge >= 0.3 is 24.1 Å². The van der Waals surface area contributed by atoms with E-state index < -0.39 is 61.3 Å². The predicted molar refractivity (Wildman–Crippen MR) is 194 cm³/mol. The van der Waals surface area contributed by atoms with E-state index in [9.17, 15) is 24.0 Å². The van der Waals surface area contributed by atoms with Gasteiger partial charge in [0.05, 0.1) is 29.0 Å². The quantitative estimate of drug-likeness (QED) is 0.114. The lowest BCUT2D eigenvalue weighted by Gasteiger charge is -2.43. The molecule has 274 valence electrons. The van der Waals surface area contributed by atoms with Gasteiger partial charge in [-0.15, -0.1) is 0 Å². The average molecular weight is 721 g/mol. The maximum absolute atomic E-state index is 14.7. The van der Waals surface area contributed by atoms with Crippen LogP contribution in [0, 0.1) is 0 Å².